The van der Waals surface area contributed by atoms with E-state index in [1.165, 1.54) is 0 Å². The van der Waals surface area contributed by atoms with Crippen LogP contribution in [0, 0.1) is 22.3 Å². The maximum atomic E-state index is 13.6. The SMILES string of the molecule is CC(C)(C)OC(=O)Nc1c(F)cc(SC#N)cc1F. The Labute approximate surface area is 113 Å². The smallest absolute Gasteiger partial charge is 0.412 e. The number of ether oxygens (including phenoxy) is 1. The van der Waals surface area contributed by atoms with Crippen LogP contribution < -0.4 is 5.32 Å². The summed E-state index contributed by atoms with van der Waals surface area (Å²) >= 11 is 0.623. The van der Waals surface area contributed by atoms with E-state index in [4.69, 9.17) is 10.00 Å². The summed E-state index contributed by atoms with van der Waals surface area (Å²) in [5.41, 5.74) is -1.37. The second kappa shape index (κ2) is 5.89. The molecule has 1 amide bonds. The number of anilines is 1. The lowest BCUT2D eigenvalue weighted by Gasteiger charge is -2.20. The Morgan fingerprint density at radius 1 is 1.37 bits per heavy atom. The minimum Gasteiger partial charge on any atom is -0.444 e. The molecule has 0 aromatic heterocycles. The zero-order valence-electron chi connectivity index (χ0n) is 10.6. The van der Waals surface area contributed by atoms with Crippen LogP contribution in [0.2, 0.25) is 0 Å². The highest BCUT2D eigenvalue weighted by molar-refractivity contribution is 8.03. The van der Waals surface area contributed by atoms with Crippen molar-refractivity contribution in [3.8, 4) is 5.40 Å². The minimum absolute atomic E-state index is 0.118. The summed E-state index contributed by atoms with van der Waals surface area (Å²) in [7, 11) is 0. The van der Waals surface area contributed by atoms with Gasteiger partial charge >= 0.3 is 6.09 Å². The summed E-state index contributed by atoms with van der Waals surface area (Å²) in [5, 5.41) is 12.1. The molecule has 0 radical (unpaired) electrons. The molecule has 0 saturated heterocycles. The van der Waals surface area contributed by atoms with Crippen molar-refractivity contribution in [1.82, 2.24) is 0 Å². The van der Waals surface area contributed by atoms with Crippen molar-refractivity contribution in [1.29, 1.82) is 5.26 Å². The highest BCUT2D eigenvalue weighted by atomic mass is 32.2. The van der Waals surface area contributed by atoms with Gasteiger partial charge in [-0.05, 0) is 44.7 Å². The highest BCUT2D eigenvalue weighted by Crippen LogP contribution is 2.26. The van der Waals surface area contributed by atoms with Crippen molar-refractivity contribution in [2.24, 2.45) is 0 Å². The molecule has 1 aromatic carbocycles. The molecule has 1 N–H and O–H groups in total. The van der Waals surface area contributed by atoms with Crippen LogP contribution in [0.3, 0.4) is 0 Å². The molecule has 1 rings (SSSR count). The molecule has 4 nitrogen and oxygen atoms in total. The number of hydrogen-bond donors (Lipinski definition) is 1. The van der Waals surface area contributed by atoms with Gasteiger partial charge in [0, 0.05) is 4.90 Å². The van der Waals surface area contributed by atoms with Crippen molar-refractivity contribution >= 4 is 23.5 Å². The van der Waals surface area contributed by atoms with E-state index in [-0.39, 0.29) is 4.90 Å². The zero-order chi connectivity index (χ0) is 14.6. The van der Waals surface area contributed by atoms with E-state index in [9.17, 15) is 13.6 Å². The maximum absolute atomic E-state index is 13.6. The average molecular weight is 286 g/mol. The van der Waals surface area contributed by atoms with E-state index in [1.807, 2.05) is 5.32 Å². The zero-order valence-corrected chi connectivity index (χ0v) is 11.4. The molecular weight excluding hydrogens is 274 g/mol. The van der Waals surface area contributed by atoms with Crippen LogP contribution in [0.5, 0.6) is 0 Å². The minimum atomic E-state index is -0.969. The molecule has 0 unspecified atom stereocenters. The Morgan fingerprint density at radius 2 is 1.89 bits per heavy atom. The third-order valence-electron chi connectivity index (χ3n) is 1.81. The molecule has 0 saturated carbocycles. The van der Waals surface area contributed by atoms with Gasteiger partial charge in [0.2, 0.25) is 0 Å². The quantitative estimate of drug-likeness (QED) is 0.662. The third kappa shape index (κ3) is 4.75. The first-order valence-electron chi connectivity index (χ1n) is 5.28. The largest absolute Gasteiger partial charge is 0.444 e. The molecule has 0 heterocycles. The molecule has 0 aliphatic rings. The van der Waals surface area contributed by atoms with Crippen LogP contribution in [0.15, 0.2) is 17.0 Å². The van der Waals surface area contributed by atoms with Gasteiger partial charge < -0.3 is 4.74 Å². The molecule has 1 aromatic rings. The lowest BCUT2D eigenvalue weighted by atomic mass is 10.2. The number of halogens is 2. The molecule has 0 bridgehead atoms. The molecule has 102 valence electrons. The Kier molecular flexibility index (Phi) is 4.72. The van der Waals surface area contributed by atoms with Gasteiger partial charge in [-0.3, -0.25) is 5.32 Å². The first kappa shape index (κ1) is 15.2. The Hall–Kier alpha value is -1.81. The monoisotopic (exact) mass is 286 g/mol. The number of thiocyanates is 1. The van der Waals surface area contributed by atoms with Gasteiger partial charge in [-0.15, -0.1) is 0 Å². The Balaban J connectivity index is 2.91. The number of nitrogens with zero attached hydrogens (tertiary/aromatic N) is 1. The Bertz CT molecular complexity index is 513. The van der Waals surface area contributed by atoms with Gasteiger partial charge in [-0.1, -0.05) is 0 Å². The number of nitrogens with one attached hydrogen (secondary N) is 1. The van der Waals surface area contributed by atoms with Gasteiger partial charge in [0.15, 0.2) is 11.6 Å². The first-order valence-corrected chi connectivity index (χ1v) is 6.09. The van der Waals surface area contributed by atoms with Crippen LogP contribution in [-0.4, -0.2) is 11.7 Å². The van der Waals surface area contributed by atoms with E-state index < -0.39 is 29.0 Å². The van der Waals surface area contributed by atoms with Gasteiger partial charge in [-0.2, -0.15) is 5.26 Å². The third-order valence-corrected chi connectivity index (χ3v) is 2.37. The van der Waals surface area contributed by atoms with E-state index >= 15 is 0 Å². The maximum Gasteiger partial charge on any atom is 0.412 e. The summed E-state index contributed by atoms with van der Waals surface area (Å²) in [6.45, 7) is 4.89. The second-order valence-corrected chi connectivity index (χ2v) is 5.44. The van der Waals surface area contributed by atoms with E-state index in [2.05, 4.69) is 0 Å². The van der Waals surface area contributed by atoms with Crippen molar-refractivity contribution in [3.63, 3.8) is 0 Å². The fraction of sp³-hybridized carbons (Fsp3) is 0.333. The fourth-order valence-corrected chi connectivity index (χ4v) is 1.62. The summed E-state index contributed by atoms with van der Waals surface area (Å²) < 4.78 is 32.1. The lowest BCUT2D eigenvalue weighted by molar-refractivity contribution is 0.0634. The van der Waals surface area contributed by atoms with E-state index in [0.717, 1.165) is 12.1 Å². The topological polar surface area (TPSA) is 62.1 Å². The molecular formula is C12H12F2N2O2S. The van der Waals surface area contributed by atoms with Gasteiger partial charge in [0.1, 0.15) is 16.7 Å². The predicted octanol–water partition coefficient (Wildman–Crippen LogP) is 3.88. The molecule has 19 heavy (non-hydrogen) atoms. The molecule has 7 heteroatoms. The molecule has 0 spiro atoms. The van der Waals surface area contributed by atoms with Crippen LogP contribution >= 0.6 is 11.8 Å². The molecule has 0 fully saturated rings. The summed E-state index contributed by atoms with van der Waals surface area (Å²) in [5.74, 6) is -1.94. The number of amides is 1. The van der Waals surface area contributed by atoms with Crippen molar-refractivity contribution in [2.45, 2.75) is 31.3 Å². The molecule has 0 aliphatic heterocycles. The number of nitriles is 1. The van der Waals surface area contributed by atoms with Crippen LogP contribution in [0.4, 0.5) is 19.3 Å². The number of rotatable bonds is 2. The predicted molar refractivity (Wildman–Crippen MR) is 67.7 cm³/mol. The Morgan fingerprint density at radius 3 is 2.32 bits per heavy atom. The van der Waals surface area contributed by atoms with Gasteiger partial charge in [0.05, 0.1) is 0 Å². The number of carbonyl (C=O) groups excluding carboxylic acids is 1. The number of benzene rings is 1. The molecule has 0 aliphatic carbocycles. The van der Waals surface area contributed by atoms with Crippen LogP contribution in [0.25, 0.3) is 0 Å². The van der Waals surface area contributed by atoms with Crippen molar-refractivity contribution < 1.29 is 18.3 Å². The van der Waals surface area contributed by atoms with E-state index in [0.29, 0.717) is 11.8 Å². The lowest BCUT2D eigenvalue weighted by Crippen LogP contribution is -2.27. The van der Waals surface area contributed by atoms with Crippen LogP contribution in [0.1, 0.15) is 20.8 Å². The van der Waals surface area contributed by atoms with Gasteiger partial charge in [0.25, 0.3) is 0 Å². The summed E-state index contributed by atoms with van der Waals surface area (Å²) in [4.78, 5) is 11.5. The second-order valence-electron chi connectivity index (χ2n) is 4.58. The van der Waals surface area contributed by atoms with Gasteiger partial charge in [-0.25, -0.2) is 13.6 Å². The first-order chi connectivity index (χ1) is 8.73. The van der Waals surface area contributed by atoms with E-state index in [1.54, 1.807) is 26.2 Å². The van der Waals surface area contributed by atoms with Crippen LogP contribution in [-0.2, 0) is 4.74 Å². The van der Waals surface area contributed by atoms with Crippen molar-refractivity contribution in [3.05, 3.63) is 23.8 Å². The number of thioether (sulfide) groups is 1. The summed E-state index contributed by atoms with van der Waals surface area (Å²) in [6, 6.07) is 1.92. The summed E-state index contributed by atoms with van der Waals surface area (Å²) in [6.07, 6.45) is -0.953. The highest BCUT2D eigenvalue weighted by Gasteiger charge is 2.19. The number of carbonyl (C=O) groups is 1. The standard InChI is InChI=1S/C12H12F2N2O2S/c1-12(2,3)18-11(17)16-10-8(13)4-7(19-6-15)5-9(10)14/h4-5H,1-3H3,(H,16,17). The van der Waals surface area contributed by atoms with Crippen molar-refractivity contribution in [2.75, 3.05) is 5.32 Å². The molecule has 0 atom stereocenters. The average Bonchev–Trinajstić information content (AvgIpc) is 2.21. The normalized spacial score (nSPS) is 10.7. The number of hydrogen-bond acceptors (Lipinski definition) is 4. The fourth-order valence-electron chi connectivity index (χ4n) is 1.19.